The quantitative estimate of drug-likeness (QED) is 0.487. The second-order valence-electron chi connectivity index (χ2n) is 9.60. The Morgan fingerprint density at radius 3 is 2.64 bits per heavy atom. The van der Waals surface area contributed by atoms with Gasteiger partial charge in [-0.3, -0.25) is 0 Å². The number of hydrogen-bond acceptors (Lipinski definition) is 4. The minimum Gasteiger partial charge on any atom is -0.465 e. The molecule has 2 aromatic carbocycles. The molecule has 3 heterocycles. The standard InChI is InChI=1S/C27H31N3O2.ClH/c1-32-27(31)18-10-11-20-23(16-18)30-15-14-29-13-12-22(28)19-8-5-9-21(25(19)29)26(30)24(20)17-6-3-2-4-7-17;/h5,8-11,16-17,22H,2-4,6-7,12-15,28H2,1H3;1H/t22-;/m1./s1. The molecule has 3 aliphatic rings. The summed E-state index contributed by atoms with van der Waals surface area (Å²) in [6, 6.07) is 12.9. The fourth-order valence-corrected chi connectivity index (χ4v) is 6.36. The molecular formula is C27H32ClN3O2. The second kappa shape index (κ2) is 8.69. The lowest BCUT2D eigenvalue weighted by atomic mass is 9.81. The Labute approximate surface area is 201 Å². The van der Waals surface area contributed by atoms with Crippen molar-refractivity contribution in [2.24, 2.45) is 5.73 Å². The minimum absolute atomic E-state index is 0. The van der Waals surface area contributed by atoms with Gasteiger partial charge in [0.1, 0.15) is 0 Å². The van der Waals surface area contributed by atoms with Crippen molar-refractivity contribution in [3.05, 3.63) is 53.1 Å². The number of nitrogens with zero attached hydrogens (tertiary/aromatic N) is 2. The lowest BCUT2D eigenvalue weighted by Gasteiger charge is -2.35. The number of carbonyl (C=O) groups excluding carboxylic acids is 1. The first-order chi connectivity index (χ1) is 15.7. The van der Waals surface area contributed by atoms with Crippen molar-refractivity contribution in [3.8, 4) is 11.3 Å². The number of carbonyl (C=O) groups is 1. The van der Waals surface area contributed by atoms with Crippen LogP contribution in [0.15, 0.2) is 36.4 Å². The van der Waals surface area contributed by atoms with E-state index in [2.05, 4.69) is 33.7 Å². The number of ether oxygens (including phenoxy) is 1. The third kappa shape index (κ3) is 3.44. The number of hydrogen-bond donors (Lipinski definition) is 1. The van der Waals surface area contributed by atoms with E-state index in [1.165, 1.54) is 72.7 Å². The molecule has 3 aromatic rings. The summed E-state index contributed by atoms with van der Waals surface area (Å²) in [7, 11) is 1.45. The Morgan fingerprint density at radius 1 is 1.03 bits per heavy atom. The maximum absolute atomic E-state index is 12.3. The Bertz CT molecular complexity index is 1210. The van der Waals surface area contributed by atoms with Gasteiger partial charge in [0.05, 0.1) is 24.1 Å². The van der Waals surface area contributed by atoms with Gasteiger partial charge in [-0.25, -0.2) is 4.79 Å². The van der Waals surface area contributed by atoms with Crippen molar-refractivity contribution in [2.45, 2.75) is 57.0 Å². The van der Waals surface area contributed by atoms with Crippen LogP contribution in [0.5, 0.6) is 0 Å². The topological polar surface area (TPSA) is 60.5 Å². The van der Waals surface area contributed by atoms with Crippen LogP contribution >= 0.6 is 12.4 Å². The van der Waals surface area contributed by atoms with E-state index in [1.54, 1.807) is 0 Å². The van der Waals surface area contributed by atoms with Crippen LogP contribution in [-0.2, 0) is 11.3 Å². The Balaban J connectivity index is 0.00000228. The zero-order valence-corrected chi connectivity index (χ0v) is 20.0. The SMILES string of the molecule is COC(=O)c1ccc2c(C3CCCCC3)c3n(c2c1)CCN1CC[C@@H](N)c2cccc-3c21.Cl. The van der Waals surface area contributed by atoms with Crippen molar-refractivity contribution < 1.29 is 9.53 Å². The monoisotopic (exact) mass is 465 g/mol. The van der Waals surface area contributed by atoms with E-state index < -0.39 is 0 Å². The highest BCUT2D eigenvalue weighted by molar-refractivity contribution is 6.00. The normalized spacial score (nSPS) is 19.9. The molecule has 0 saturated heterocycles. The number of esters is 1. The van der Waals surface area contributed by atoms with Gasteiger partial charge in [-0.15, -0.1) is 12.4 Å². The van der Waals surface area contributed by atoms with Crippen LogP contribution in [0.25, 0.3) is 22.2 Å². The molecule has 174 valence electrons. The van der Waals surface area contributed by atoms with Gasteiger partial charge >= 0.3 is 5.97 Å². The lowest BCUT2D eigenvalue weighted by molar-refractivity contribution is 0.0601. The number of anilines is 1. The van der Waals surface area contributed by atoms with E-state index in [0.717, 1.165) is 31.6 Å². The predicted octanol–water partition coefficient (Wildman–Crippen LogP) is 5.79. The third-order valence-corrected chi connectivity index (χ3v) is 7.88. The van der Waals surface area contributed by atoms with Gasteiger partial charge in [0.25, 0.3) is 0 Å². The maximum Gasteiger partial charge on any atom is 0.337 e. The molecule has 1 atom stereocenters. The molecule has 6 rings (SSSR count). The summed E-state index contributed by atoms with van der Waals surface area (Å²) in [6.07, 6.45) is 7.39. The van der Waals surface area contributed by atoms with Gasteiger partial charge in [-0.1, -0.05) is 43.5 Å². The van der Waals surface area contributed by atoms with Crippen LogP contribution in [0.3, 0.4) is 0 Å². The number of benzene rings is 2. The molecule has 33 heavy (non-hydrogen) atoms. The third-order valence-electron chi connectivity index (χ3n) is 7.88. The summed E-state index contributed by atoms with van der Waals surface area (Å²) in [4.78, 5) is 14.9. The second-order valence-corrected chi connectivity index (χ2v) is 9.60. The van der Waals surface area contributed by atoms with Crippen molar-refractivity contribution in [3.63, 3.8) is 0 Å². The van der Waals surface area contributed by atoms with Crippen LogP contribution in [0.4, 0.5) is 5.69 Å². The fraction of sp³-hybridized carbons (Fsp3) is 0.444. The van der Waals surface area contributed by atoms with E-state index in [0.29, 0.717) is 11.5 Å². The Hall–Kier alpha value is -2.50. The summed E-state index contributed by atoms with van der Waals surface area (Å²) < 4.78 is 7.51. The van der Waals surface area contributed by atoms with Crippen LogP contribution in [0.1, 0.15) is 72.0 Å². The number of fused-ring (bicyclic) bond motifs is 4. The predicted molar refractivity (Wildman–Crippen MR) is 136 cm³/mol. The molecule has 0 amide bonds. The van der Waals surface area contributed by atoms with Crippen LogP contribution in [-0.4, -0.2) is 30.7 Å². The first kappa shape index (κ1) is 22.3. The Kier molecular flexibility index (Phi) is 5.87. The molecule has 1 saturated carbocycles. The molecule has 0 radical (unpaired) electrons. The van der Waals surface area contributed by atoms with E-state index in [9.17, 15) is 4.79 Å². The number of methoxy groups -OCH3 is 1. The van der Waals surface area contributed by atoms with Crippen molar-refractivity contribution in [2.75, 3.05) is 25.1 Å². The molecule has 0 spiro atoms. The number of nitrogens with two attached hydrogens (primary N) is 1. The van der Waals surface area contributed by atoms with Gasteiger partial charge < -0.3 is 19.9 Å². The molecule has 0 unspecified atom stereocenters. The van der Waals surface area contributed by atoms with Crippen molar-refractivity contribution in [1.29, 1.82) is 0 Å². The molecule has 1 aromatic heterocycles. The van der Waals surface area contributed by atoms with Crippen molar-refractivity contribution in [1.82, 2.24) is 4.57 Å². The number of rotatable bonds is 2. The highest BCUT2D eigenvalue weighted by Crippen LogP contribution is 2.49. The Morgan fingerprint density at radius 2 is 1.85 bits per heavy atom. The van der Waals surface area contributed by atoms with Gasteiger partial charge in [0.2, 0.25) is 0 Å². The van der Waals surface area contributed by atoms with E-state index in [4.69, 9.17) is 10.5 Å². The number of halogens is 1. The van der Waals surface area contributed by atoms with Crippen LogP contribution in [0.2, 0.25) is 0 Å². The lowest BCUT2D eigenvalue weighted by Crippen LogP contribution is -2.35. The summed E-state index contributed by atoms with van der Waals surface area (Å²) in [6.45, 7) is 2.87. The molecule has 1 fully saturated rings. The van der Waals surface area contributed by atoms with Gasteiger partial charge in [0, 0.05) is 42.1 Å². The van der Waals surface area contributed by atoms with Crippen LogP contribution in [0, 0.1) is 0 Å². The molecular weight excluding hydrogens is 434 g/mol. The largest absolute Gasteiger partial charge is 0.465 e. The van der Waals surface area contributed by atoms with Gasteiger partial charge in [0.15, 0.2) is 0 Å². The van der Waals surface area contributed by atoms with E-state index in [1.807, 2.05) is 12.1 Å². The molecule has 1 aliphatic carbocycles. The first-order valence-electron chi connectivity index (χ1n) is 12.1. The fourth-order valence-electron chi connectivity index (χ4n) is 6.36. The van der Waals surface area contributed by atoms with Crippen molar-refractivity contribution >= 4 is 35.0 Å². The summed E-state index contributed by atoms with van der Waals surface area (Å²) in [5, 5.41) is 1.30. The highest BCUT2D eigenvalue weighted by Gasteiger charge is 2.33. The molecule has 0 bridgehead atoms. The highest BCUT2D eigenvalue weighted by atomic mass is 35.5. The number of para-hydroxylation sites is 1. The van der Waals surface area contributed by atoms with Gasteiger partial charge in [-0.2, -0.15) is 0 Å². The molecule has 6 heteroatoms. The van der Waals surface area contributed by atoms with Crippen LogP contribution < -0.4 is 10.6 Å². The molecule has 5 nitrogen and oxygen atoms in total. The van der Waals surface area contributed by atoms with E-state index in [-0.39, 0.29) is 24.4 Å². The first-order valence-corrected chi connectivity index (χ1v) is 12.1. The zero-order chi connectivity index (χ0) is 21.8. The summed E-state index contributed by atoms with van der Waals surface area (Å²) in [5.41, 5.74) is 15.1. The average molecular weight is 466 g/mol. The minimum atomic E-state index is -0.275. The summed E-state index contributed by atoms with van der Waals surface area (Å²) >= 11 is 0. The molecule has 2 aliphatic heterocycles. The maximum atomic E-state index is 12.3. The summed E-state index contributed by atoms with van der Waals surface area (Å²) in [5.74, 6) is 0.287. The number of aromatic nitrogens is 1. The van der Waals surface area contributed by atoms with Gasteiger partial charge in [-0.05, 0) is 48.4 Å². The average Bonchev–Trinajstić information content (AvgIpc) is 3.07. The zero-order valence-electron chi connectivity index (χ0n) is 19.2. The van der Waals surface area contributed by atoms with E-state index >= 15 is 0 Å². The smallest absolute Gasteiger partial charge is 0.337 e. The molecule has 2 N–H and O–H groups in total.